The molecule has 4 heteroatoms. The second-order valence-electron chi connectivity index (χ2n) is 2.30. The van der Waals surface area contributed by atoms with Crippen LogP contribution in [0.25, 0.3) is 0 Å². The van der Waals surface area contributed by atoms with Crippen LogP contribution in [0.3, 0.4) is 0 Å². The zero-order valence-corrected chi connectivity index (χ0v) is 4.76. The van der Waals surface area contributed by atoms with Crippen LogP contribution in [-0.4, -0.2) is 15.2 Å². The van der Waals surface area contributed by atoms with Gasteiger partial charge in [0.05, 0.1) is 0 Å². The molecule has 0 aromatic carbocycles. The number of aromatic nitrogens is 3. The third-order valence-corrected chi connectivity index (χ3v) is 1.53. The molecule has 0 radical (unpaired) electrons. The van der Waals surface area contributed by atoms with Gasteiger partial charge in [0.15, 0.2) is 11.5 Å². The SMILES string of the molecule is FC1(c2ncn[nH]2)CC1. The first-order valence-electron chi connectivity index (χ1n) is 2.86. The van der Waals surface area contributed by atoms with Crippen molar-refractivity contribution in [1.82, 2.24) is 15.2 Å². The van der Waals surface area contributed by atoms with Crippen molar-refractivity contribution in [3.63, 3.8) is 0 Å². The van der Waals surface area contributed by atoms with Gasteiger partial charge in [0, 0.05) is 0 Å². The Labute approximate surface area is 51.3 Å². The Morgan fingerprint density at radius 3 is 2.89 bits per heavy atom. The van der Waals surface area contributed by atoms with Crippen molar-refractivity contribution in [2.45, 2.75) is 18.5 Å². The van der Waals surface area contributed by atoms with Gasteiger partial charge < -0.3 is 0 Å². The van der Waals surface area contributed by atoms with E-state index in [2.05, 4.69) is 15.2 Å². The average molecular weight is 127 g/mol. The molecule has 0 aliphatic heterocycles. The highest BCUT2D eigenvalue weighted by atomic mass is 19.1. The molecule has 0 bridgehead atoms. The summed E-state index contributed by atoms with van der Waals surface area (Å²) in [6.45, 7) is 0. The maximum absolute atomic E-state index is 12.9. The van der Waals surface area contributed by atoms with E-state index in [1.165, 1.54) is 6.33 Å². The van der Waals surface area contributed by atoms with Gasteiger partial charge in [-0.1, -0.05) is 0 Å². The first kappa shape index (κ1) is 4.90. The van der Waals surface area contributed by atoms with Gasteiger partial charge in [0.25, 0.3) is 0 Å². The first-order valence-corrected chi connectivity index (χ1v) is 2.86. The fourth-order valence-electron chi connectivity index (χ4n) is 0.768. The van der Waals surface area contributed by atoms with Crippen LogP contribution in [0.2, 0.25) is 0 Å². The Morgan fingerprint density at radius 2 is 2.44 bits per heavy atom. The molecular weight excluding hydrogens is 121 g/mol. The smallest absolute Gasteiger partial charge is 0.169 e. The molecule has 1 aliphatic carbocycles. The van der Waals surface area contributed by atoms with Crippen LogP contribution in [0.15, 0.2) is 6.33 Å². The van der Waals surface area contributed by atoms with E-state index in [1.54, 1.807) is 0 Å². The minimum absolute atomic E-state index is 0.377. The van der Waals surface area contributed by atoms with Crippen LogP contribution < -0.4 is 0 Å². The maximum atomic E-state index is 12.9. The molecule has 0 unspecified atom stereocenters. The van der Waals surface area contributed by atoms with Gasteiger partial charge >= 0.3 is 0 Å². The molecular formula is C5H6FN3. The standard InChI is InChI=1S/C5H6FN3/c6-5(1-2-5)4-7-3-8-9-4/h3H,1-2H2,(H,7,8,9). The van der Waals surface area contributed by atoms with Gasteiger partial charge in [-0.05, 0) is 12.8 Å². The number of nitrogens with zero attached hydrogens (tertiary/aromatic N) is 2. The predicted molar refractivity (Wildman–Crippen MR) is 28.4 cm³/mol. The summed E-state index contributed by atoms with van der Waals surface area (Å²) in [4.78, 5) is 3.71. The molecule has 1 heterocycles. The highest BCUT2D eigenvalue weighted by Crippen LogP contribution is 2.47. The molecule has 9 heavy (non-hydrogen) atoms. The minimum atomic E-state index is -1.16. The van der Waals surface area contributed by atoms with Crippen molar-refractivity contribution in [2.75, 3.05) is 0 Å². The van der Waals surface area contributed by atoms with Gasteiger partial charge in [-0.3, -0.25) is 5.10 Å². The summed E-state index contributed by atoms with van der Waals surface area (Å²) in [6.07, 6.45) is 2.50. The van der Waals surface area contributed by atoms with Gasteiger partial charge in [-0.2, -0.15) is 5.10 Å². The number of hydrogen-bond donors (Lipinski definition) is 1. The van der Waals surface area contributed by atoms with Crippen LogP contribution >= 0.6 is 0 Å². The number of aromatic amines is 1. The summed E-state index contributed by atoms with van der Waals surface area (Å²) in [7, 11) is 0. The van der Waals surface area contributed by atoms with Crippen molar-refractivity contribution in [1.29, 1.82) is 0 Å². The number of alkyl halides is 1. The monoisotopic (exact) mass is 127 g/mol. The normalized spacial score (nSPS) is 21.9. The summed E-state index contributed by atoms with van der Waals surface area (Å²) in [5.74, 6) is 0.377. The zero-order chi connectivity index (χ0) is 6.32. The van der Waals surface area contributed by atoms with E-state index >= 15 is 0 Å². The van der Waals surface area contributed by atoms with E-state index in [9.17, 15) is 4.39 Å². The number of H-pyrrole nitrogens is 1. The quantitative estimate of drug-likeness (QED) is 0.605. The van der Waals surface area contributed by atoms with E-state index in [0.29, 0.717) is 18.7 Å². The second kappa shape index (κ2) is 1.32. The van der Waals surface area contributed by atoms with Gasteiger partial charge in [0.2, 0.25) is 0 Å². The molecule has 1 aromatic rings. The Kier molecular flexibility index (Phi) is 0.717. The highest BCUT2D eigenvalue weighted by Gasteiger charge is 2.47. The van der Waals surface area contributed by atoms with Gasteiger partial charge in [0.1, 0.15) is 6.33 Å². The van der Waals surface area contributed by atoms with Crippen molar-refractivity contribution in [3.8, 4) is 0 Å². The van der Waals surface area contributed by atoms with Crippen molar-refractivity contribution >= 4 is 0 Å². The molecule has 1 aliphatic rings. The largest absolute Gasteiger partial charge is 0.261 e. The second-order valence-corrected chi connectivity index (χ2v) is 2.30. The predicted octanol–water partition coefficient (Wildman–Crippen LogP) is 0.763. The van der Waals surface area contributed by atoms with Crippen LogP contribution in [-0.2, 0) is 5.67 Å². The molecule has 1 aromatic heterocycles. The zero-order valence-electron chi connectivity index (χ0n) is 4.76. The molecule has 0 amide bonds. The van der Waals surface area contributed by atoms with Crippen LogP contribution in [0, 0.1) is 0 Å². The van der Waals surface area contributed by atoms with Gasteiger partial charge in [-0.25, -0.2) is 9.37 Å². The average Bonchev–Trinajstić information content (AvgIpc) is 2.46. The highest BCUT2D eigenvalue weighted by molar-refractivity contribution is 5.08. The Balaban J connectivity index is 2.34. The fourth-order valence-corrected chi connectivity index (χ4v) is 0.768. The van der Waals surface area contributed by atoms with Crippen LogP contribution in [0.5, 0.6) is 0 Å². The third-order valence-electron chi connectivity index (χ3n) is 1.53. The minimum Gasteiger partial charge on any atom is -0.261 e. The summed E-state index contributed by atoms with van der Waals surface area (Å²) >= 11 is 0. The molecule has 48 valence electrons. The molecule has 2 rings (SSSR count). The lowest BCUT2D eigenvalue weighted by molar-refractivity contribution is 0.301. The number of hydrogen-bond acceptors (Lipinski definition) is 2. The first-order chi connectivity index (χ1) is 4.31. The van der Waals surface area contributed by atoms with E-state index < -0.39 is 5.67 Å². The van der Waals surface area contributed by atoms with Crippen molar-refractivity contribution in [2.24, 2.45) is 0 Å². The molecule has 1 saturated carbocycles. The third kappa shape index (κ3) is 0.624. The number of rotatable bonds is 1. The van der Waals surface area contributed by atoms with E-state index in [0.717, 1.165) is 0 Å². The number of nitrogens with one attached hydrogen (secondary N) is 1. The van der Waals surface area contributed by atoms with Crippen molar-refractivity contribution < 1.29 is 4.39 Å². The van der Waals surface area contributed by atoms with Crippen LogP contribution in [0.1, 0.15) is 18.7 Å². The summed E-state index contributed by atoms with van der Waals surface area (Å²) < 4.78 is 12.9. The van der Waals surface area contributed by atoms with Gasteiger partial charge in [-0.15, -0.1) is 0 Å². The Bertz CT molecular complexity index is 202. The fraction of sp³-hybridized carbons (Fsp3) is 0.600. The molecule has 1 fully saturated rings. The van der Waals surface area contributed by atoms with E-state index in [4.69, 9.17) is 0 Å². The van der Waals surface area contributed by atoms with E-state index in [-0.39, 0.29) is 0 Å². The lowest BCUT2D eigenvalue weighted by Crippen LogP contribution is -1.99. The summed E-state index contributed by atoms with van der Waals surface area (Å²) in [5, 5.41) is 6.06. The molecule has 0 atom stereocenters. The molecule has 0 spiro atoms. The Morgan fingerprint density at radius 1 is 1.67 bits per heavy atom. The molecule has 1 N–H and O–H groups in total. The molecule has 3 nitrogen and oxygen atoms in total. The summed E-state index contributed by atoms with van der Waals surface area (Å²) in [6, 6.07) is 0. The lowest BCUT2D eigenvalue weighted by Gasteiger charge is -1.94. The lowest BCUT2D eigenvalue weighted by atomic mass is 10.4. The van der Waals surface area contributed by atoms with Crippen LogP contribution in [0.4, 0.5) is 4.39 Å². The molecule has 0 saturated heterocycles. The number of halogens is 1. The Hall–Kier alpha value is -0.930. The summed E-state index contributed by atoms with van der Waals surface area (Å²) in [5.41, 5.74) is -1.16. The topological polar surface area (TPSA) is 41.6 Å². The van der Waals surface area contributed by atoms with E-state index in [1.807, 2.05) is 0 Å². The van der Waals surface area contributed by atoms with Crippen molar-refractivity contribution in [3.05, 3.63) is 12.2 Å². The maximum Gasteiger partial charge on any atom is 0.169 e.